The summed E-state index contributed by atoms with van der Waals surface area (Å²) >= 11 is 0. The first-order valence-electron chi connectivity index (χ1n) is 21.6. The first kappa shape index (κ1) is 36.0. The molecule has 0 aliphatic carbocycles. The molecule has 0 unspecified atom stereocenters. The van der Waals surface area contributed by atoms with Gasteiger partial charge in [0.15, 0.2) is 11.6 Å². The minimum atomic E-state index is 0.532. The molecule has 64 heavy (non-hydrogen) atoms. The predicted octanol–water partition coefficient (Wildman–Crippen LogP) is 15.5. The number of furan rings is 1. The summed E-state index contributed by atoms with van der Waals surface area (Å²) in [6.45, 7) is 0. The van der Waals surface area contributed by atoms with E-state index < -0.39 is 0 Å². The summed E-state index contributed by atoms with van der Waals surface area (Å²) in [7, 11) is 0. The quantitative estimate of drug-likeness (QED) is 0.168. The van der Waals surface area contributed by atoms with E-state index in [1.807, 2.05) is 12.1 Å². The number of nitrogens with zero attached hydrogens (tertiary/aromatic N) is 4. The number of fused-ring (bicyclic) bond motifs is 9. The Kier molecular flexibility index (Phi) is 8.15. The third kappa shape index (κ3) is 5.83. The lowest BCUT2D eigenvalue weighted by atomic mass is 9.98. The number of rotatable bonds is 6. The molecule has 13 aromatic rings. The Morgan fingerprint density at radius 3 is 1.52 bits per heavy atom. The van der Waals surface area contributed by atoms with E-state index in [1.165, 1.54) is 16.2 Å². The molecular formula is C59H36N4O. The summed E-state index contributed by atoms with van der Waals surface area (Å²) in [5, 5.41) is 9.07. The maximum atomic E-state index is 6.86. The summed E-state index contributed by atoms with van der Waals surface area (Å²) < 4.78 is 9.11. The molecule has 0 aliphatic rings. The molecule has 3 heterocycles. The highest BCUT2D eigenvalue weighted by atomic mass is 16.3. The van der Waals surface area contributed by atoms with Crippen LogP contribution in [0.4, 0.5) is 0 Å². The summed E-state index contributed by atoms with van der Waals surface area (Å²) in [5.74, 6) is 1.71. The largest absolute Gasteiger partial charge is 0.455 e. The van der Waals surface area contributed by atoms with Crippen molar-refractivity contribution in [3.63, 3.8) is 0 Å². The average molecular weight is 817 g/mol. The van der Waals surface area contributed by atoms with Crippen LogP contribution in [0.2, 0.25) is 0 Å². The summed E-state index contributed by atoms with van der Waals surface area (Å²) in [6.07, 6.45) is 0. The maximum absolute atomic E-state index is 6.86. The monoisotopic (exact) mass is 816 g/mol. The summed E-state index contributed by atoms with van der Waals surface area (Å²) in [6, 6.07) is 76.8. The zero-order valence-corrected chi connectivity index (χ0v) is 34.5. The number of para-hydroxylation sites is 2. The van der Waals surface area contributed by atoms with E-state index in [0.717, 1.165) is 93.6 Å². The van der Waals surface area contributed by atoms with Crippen molar-refractivity contribution >= 4 is 65.3 Å². The molecular weight excluding hydrogens is 781 g/mol. The Morgan fingerprint density at radius 2 is 0.859 bits per heavy atom. The van der Waals surface area contributed by atoms with Gasteiger partial charge < -0.3 is 4.42 Å². The van der Waals surface area contributed by atoms with Gasteiger partial charge in [-0.1, -0.05) is 200 Å². The van der Waals surface area contributed by atoms with Crippen LogP contribution in [0.25, 0.3) is 127 Å². The highest BCUT2D eigenvalue weighted by Crippen LogP contribution is 2.44. The van der Waals surface area contributed by atoms with Crippen LogP contribution >= 0.6 is 0 Å². The molecule has 0 atom stereocenters. The summed E-state index contributed by atoms with van der Waals surface area (Å²) in [4.78, 5) is 16.0. The van der Waals surface area contributed by atoms with Gasteiger partial charge in [-0.3, -0.25) is 4.57 Å². The van der Waals surface area contributed by atoms with E-state index in [1.54, 1.807) is 0 Å². The number of hydrogen-bond donors (Lipinski definition) is 0. The normalized spacial score (nSPS) is 11.8. The second kappa shape index (κ2) is 14.5. The van der Waals surface area contributed by atoms with Crippen molar-refractivity contribution in [1.29, 1.82) is 0 Å². The van der Waals surface area contributed by atoms with E-state index in [0.29, 0.717) is 17.6 Å². The van der Waals surface area contributed by atoms with Crippen molar-refractivity contribution in [3.05, 3.63) is 218 Å². The molecule has 0 radical (unpaired) electrons. The zero-order valence-electron chi connectivity index (χ0n) is 34.5. The average Bonchev–Trinajstić information content (AvgIpc) is 3.92. The maximum Gasteiger partial charge on any atom is 0.238 e. The fourth-order valence-corrected chi connectivity index (χ4v) is 9.56. The second-order valence-electron chi connectivity index (χ2n) is 16.4. The van der Waals surface area contributed by atoms with Gasteiger partial charge in [0.05, 0.1) is 11.0 Å². The molecule has 0 aliphatic heterocycles. The fourth-order valence-electron chi connectivity index (χ4n) is 9.56. The van der Waals surface area contributed by atoms with Crippen LogP contribution in [0.1, 0.15) is 0 Å². The van der Waals surface area contributed by atoms with Crippen LogP contribution in [0.3, 0.4) is 0 Å². The molecule has 0 N–H and O–H groups in total. The predicted molar refractivity (Wildman–Crippen MR) is 264 cm³/mol. The van der Waals surface area contributed by atoms with Crippen molar-refractivity contribution in [2.24, 2.45) is 0 Å². The van der Waals surface area contributed by atoms with Gasteiger partial charge in [0.1, 0.15) is 11.2 Å². The zero-order chi connectivity index (χ0) is 42.1. The van der Waals surface area contributed by atoms with Gasteiger partial charge in [-0.05, 0) is 62.0 Å². The molecule has 0 spiro atoms. The Balaban J connectivity index is 1.09. The van der Waals surface area contributed by atoms with Gasteiger partial charge >= 0.3 is 0 Å². The molecule has 3 aromatic heterocycles. The molecule has 5 heteroatoms. The fraction of sp³-hybridized carbons (Fsp3) is 0. The first-order valence-corrected chi connectivity index (χ1v) is 21.6. The molecule has 0 fully saturated rings. The molecule has 0 saturated heterocycles. The van der Waals surface area contributed by atoms with Crippen molar-refractivity contribution in [1.82, 2.24) is 19.5 Å². The lowest BCUT2D eigenvalue weighted by Gasteiger charge is -2.14. The minimum Gasteiger partial charge on any atom is -0.455 e. The molecule has 0 saturated carbocycles. The van der Waals surface area contributed by atoms with Gasteiger partial charge in [-0.15, -0.1) is 0 Å². The molecule has 13 rings (SSSR count). The number of aromatic nitrogens is 4. The molecule has 0 bridgehead atoms. The van der Waals surface area contributed by atoms with E-state index in [9.17, 15) is 0 Å². The van der Waals surface area contributed by atoms with Crippen LogP contribution in [-0.2, 0) is 0 Å². The topological polar surface area (TPSA) is 56.7 Å². The second-order valence-corrected chi connectivity index (χ2v) is 16.4. The molecule has 298 valence electrons. The standard InChI is InChI=1S/C59H36N4O/c1-3-13-37(14-4-1)39-25-29-42(30-26-39)57-60-58(43-31-27-40(28-32-43)38-15-5-2-6-16-38)62-59(61-57)63-52-36-45-19-8-7-18-44(45)35-51(52)48-22-11-21-47(55(48)63)49-23-12-24-50-54-46-20-10-9-17-41(46)33-34-53(54)64-56(49)50/h1-36H. The highest BCUT2D eigenvalue weighted by Gasteiger charge is 2.23. The molecule has 0 amide bonds. The van der Waals surface area contributed by atoms with Gasteiger partial charge in [-0.2, -0.15) is 9.97 Å². The Labute approximate surface area is 368 Å². The smallest absolute Gasteiger partial charge is 0.238 e. The van der Waals surface area contributed by atoms with Crippen molar-refractivity contribution in [2.45, 2.75) is 0 Å². The van der Waals surface area contributed by atoms with Crippen LogP contribution in [0.5, 0.6) is 0 Å². The van der Waals surface area contributed by atoms with Gasteiger partial charge in [0.25, 0.3) is 0 Å². The number of benzene rings is 10. The van der Waals surface area contributed by atoms with E-state index in [4.69, 9.17) is 19.4 Å². The third-order valence-electron chi connectivity index (χ3n) is 12.7. The minimum absolute atomic E-state index is 0.532. The SMILES string of the molecule is c1ccc(-c2ccc(-c3nc(-c4ccc(-c5ccccc5)cc4)nc(-n4c5cc6ccccc6cc5c5cccc(-c6cccc7c6oc6ccc8ccccc8c67)c54)n3)cc2)cc1. The number of hydrogen-bond acceptors (Lipinski definition) is 4. The molecule has 10 aromatic carbocycles. The van der Waals surface area contributed by atoms with Crippen molar-refractivity contribution < 1.29 is 4.42 Å². The van der Waals surface area contributed by atoms with E-state index in [2.05, 4.69) is 211 Å². The van der Waals surface area contributed by atoms with Crippen LogP contribution in [0, 0.1) is 0 Å². The van der Waals surface area contributed by atoms with Crippen molar-refractivity contribution in [2.75, 3.05) is 0 Å². The molecule has 5 nitrogen and oxygen atoms in total. The van der Waals surface area contributed by atoms with Crippen LogP contribution in [0.15, 0.2) is 223 Å². The first-order chi connectivity index (χ1) is 31.7. The summed E-state index contributed by atoms with van der Waals surface area (Å²) in [5.41, 5.74) is 12.1. The van der Waals surface area contributed by atoms with Crippen molar-refractivity contribution in [3.8, 4) is 62.1 Å². The highest BCUT2D eigenvalue weighted by molar-refractivity contribution is 6.23. The van der Waals surface area contributed by atoms with Crippen LogP contribution < -0.4 is 0 Å². The lowest BCUT2D eigenvalue weighted by molar-refractivity contribution is 0.670. The van der Waals surface area contributed by atoms with Crippen LogP contribution in [-0.4, -0.2) is 19.5 Å². The van der Waals surface area contributed by atoms with E-state index >= 15 is 0 Å². The van der Waals surface area contributed by atoms with Gasteiger partial charge in [0.2, 0.25) is 5.95 Å². The third-order valence-corrected chi connectivity index (χ3v) is 12.7. The van der Waals surface area contributed by atoms with Gasteiger partial charge in [0, 0.05) is 43.8 Å². The Morgan fingerprint density at radius 1 is 0.344 bits per heavy atom. The van der Waals surface area contributed by atoms with Gasteiger partial charge in [-0.25, -0.2) is 4.98 Å². The Hall–Kier alpha value is -8.67. The van der Waals surface area contributed by atoms with E-state index in [-0.39, 0.29) is 0 Å². The Bertz CT molecular complexity index is 3830. The lowest BCUT2D eigenvalue weighted by Crippen LogP contribution is -2.07.